The largest absolute Gasteiger partial charge is 0.493 e. The summed E-state index contributed by atoms with van der Waals surface area (Å²) in [6.07, 6.45) is 0. The molecule has 4 heteroatoms. The van der Waals surface area contributed by atoms with Gasteiger partial charge < -0.3 is 10.5 Å². The smallest absolute Gasteiger partial charge is 0.130 e. The first-order valence-corrected chi connectivity index (χ1v) is 5.52. The van der Waals surface area contributed by atoms with Crippen LogP contribution >= 0.6 is 23.8 Å². The maximum Gasteiger partial charge on any atom is 0.130 e. The fraction of sp³-hybridized carbons (Fsp3) is 0.364. The molecule has 0 saturated carbocycles. The molecule has 0 unspecified atom stereocenters. The maximum absolute atomic E-state index is 5.99. The van der Waals surface area contributed by atoms with Crippen molar-refractivity contribution in [1.29, 1.82) is 0 Å². The van der Waals surface area contributed by atoms with Crippen molar-refractivity contribution in [2.45, 2.75) is 13.8 Å². The highest BCUT2D eigenvalue weighted by molar-refractivity contribution is 7.80. The van der Waals surface area contributed by atoms with E-state index in [2.05, 4.69) is 13.8 Å². The van der Waals surface area contributed by atoms with Crippen LogP contribution in [0.2, 0.25) is 5.02 Å². The Morgan fingerprint density at radius 3 is 2.73 bits per heavy atom. The Hall–Kier alpha value is -0.800. The van der Waals surface area contributed by atoms with Gasteiger partial charge in [-0.25, -0.2) is 0 Å². The Morgan fingerprint density at radius 2 is 2.20 bits per heavy atom. The zero-order valence-corrected chi connectivity index (χ0v) is 10.4. The molecule has 0 aliphatic rings. The summed E-state index contributed by atoms with van der Waals surface area (Å²) in [7, 11) is 0. The Bertz CT molecular complexity index is 366. The second kappa shape index (κ2) is 5.33. The van der Waals surface area contributed by atoms with Crippen LogP contribution in [-0.2, 0) is 0 Å². The second-order valence-electron chi connectivity index (χ2n) is 3.68. The van der Waals surface area contributed by atoms with Gasteiger partial charge in [0.2, 0.25) is 0 Å². The topological polar surface area (TPSA) is 35.2 Å². The van der Waals surface area contributed by atoms with Crippen molar-refractivity contribution in [3.05, 3.63) is 28.8 Å². The lowest BCUT2D eigenvalue weighted by Crippen LogP contribution is -2.14. The van der Waals surface area contributed by atoms with Crippen LogP contribution in [0.3, 0.4) is 0 Å². The van der Waals surface area contributed by atoms with Crippen molar-refractivity contribution in [3.63, 3.8) is 0 Å². The molecule has 0 aliphatic heterocycles. The summed E-state index contributed by atoms with van der Waals surface area (Å²) in [5.41, 5.74) is 6.21. The average molecular weight is 244 g/mol. The van der Waals surface area contributed by atoms with Crippen LogP contribution in [0.25, 0.3) is 0 Å². The molecule has 0 radical (unpaired) electrons. The third-order valence-corrected chi connectivity index (χ3v) is 2.31. The van der Waals surface area contributed by atoms with E-state index in [4.69, 9.17) is 34.3 Å². The zero-order valence-electron chi connectivity index (χ0n) is 8.79. The van der Waals surface area contributed by atoms with Gasteiger partial charge in [0.25, 0.3) is 0 Å². The molecule has 0 amide bonds. The van der Waals surface area contributed by atoms with E-state index in [9.17, 15) is 0 Å². The molecule has 0 saturated heterocycles. The number of thiocarbonyl (C=S) groups is 1. The van der Waals surface area contributed by atoms with E-state index in [1.807, 2.05) is 12.1 Å². The Kier molecular flexibility index (Phi) is 4.36. The van der Waals surface area contributed by atoms with Gasteiger partial charge in [0.05, 0.1) is 17.2 Å². The Morgan fingerprint density at radius 1 is 1.53 bits per heavy atom. The number of benzene rings is 1. The molecule has 0 fully saturated rings. The molecule has 15 heavy (non-hydrogen) atoms. The first-order chi connectivity index (χ1) is 7.02. The fourth-order valence-corrected chi connectivity index (χ4v) is 1.65. The van der Waals surface area contributed by atoms with Crippen LogP contribution in [-0.4, -0.2) is 11.6 Å². The molecule has 0 bridgehead atoms. The maximum atomic E-state index is 5.99. The minimum absolute atomic E-state index is 0.263. The molecule has 0 aliphatic carbocycles. The molecule has 82 valence electrons. The number of ether oxygens (including phenoxy) is 1. The van der Waals surface area contributed by atoms with E-state index in [-0.39, 0.29) is 4.99 Å². The molecule has 1 rings (SSSR count). The minimum atomic E-state index is 0.263. The lowest BCUT2D eigenvalue weighted by Gasteiger charge is -2.13. The van der Waals surface area contributed by atoms with E-state index in [0.717, 1.165) is 0 Å². The van der Waals surface area contributed by atoms with Crippen LogP contribution in [0.4, 0.5) is 0 Å². The third kappa shape index (κ3) is 3.36. The van der Waals surface area contributed by atoms with Crippen LogP contribution in [0, 0.1) is 5.92 Å². The van der Waals surface area contributed by atoms with E-state index < -0.39 is 0 Å². The highest BCUT2D eigenvalue weighted by Crippen LogP contribution is 2.26. The normalized spacial score (nSPS) is 10.4. The van der Waals surface area contributed by atoms with Crippen molar-refractivity contribution in [2.75, 3.05) is 6.61 Å². The highest BCUT2D eigenvalue weighted by atomic mass is 35.5. The highest BCUT2D eigenvalue weighted by Gasteiger charge is 2.11. The molecule has 0 aromatic heterocycles. The van der Waals surface area contributed by atoms with Crippen molar-refractivity contribution >= 4 is 28.8 Å². The van der Waals surface area contributed by atoms with Gasteiger partial charge in [0.1, 0.15) is 10.7 Å². The van der Waals surface area contributed by atoms with Crippen molar-refractivity contribution < 1.29 is 4.74 Å². The molecule has 2 N–H and O–H groups in total. The van der Waals surface area contributed by atoms with Crippen LogP contribution in [0.5, 0.6) is 5.75 Å². The predicted octanol–water partition coefficient (Wildman–Crippen LogP) is 3.01. The second-order valence-corrected chi connectivity index (χ2v) is 4.53. The third-order valence-electron chi connectivity index (χ3n) is 1.79. The van der Waals surface area contributed by atoms with Gasteiger partial charge in [-0.15, -0.1) is 0 Å². The van der Waals surface area contributed by atoms with E-state index in [1.54, 1.807) is 6.07 Å². The van der Waals surface area contributed by atoms with Gasteiger partial charge in [-0.1, -0.05) is 43.7 Å². The Labute approximate surface area is 100 Å². The summed E-state index contributed by atoms with van der Waals surface area (Å²) in [5, 5.41) is 0.531. The lowest BCUT2D eigenvalue weighted by atomic mass is 10.2. The van der Waals surface area contributed by atoms with Crippen molar-refractivity contribution in [2.24, 2.45) is 11.7 Å². The van der Waals surface area contributed by atoms with Gasteiger partial charge in [-0.05, 0) is 18.1 Å². The predicted molar refractivity (Wildman–Crippen MR) is 67.7 cm³/mol. The molecule has 1 aromatic rings. The number of rotatable bonds is 4. The van der Waals surface area contributed by atoms with Gasteiger partial charge >= 0.3 is 0 Å². The van der Waals surface area contributed by atoms with Gasteiger partial charge in [0, 0.05) is 0 Å². The quantitative estimate of drug-likeness (QED) is 0.826. The first kappa shape index (κ1) is 12.3. The molecule has 2 nitrogen and oxygen atoms in total. The lowest BCUT2D eigenvalue weighted by molar-refractivity contribution is 0.270. The summed E-state index contributed by atoms with van der Waals surface area (Å²) in [4.78, 5) is 0.263. The average Bonchev–Trinajstić information content (AvgIpc) is 2.13. The number of halogens is 1. The monoisotopic (exact) mass is 243 g/mol. The first-order valence-electron chi connectivity index (χ1n) is 4.73. The molecular formula is C11H14ClNOS. The standard InChI is InChI=1S/C11H14ClNOS/c1-7(2)6-14-9-5-3-4-8(12)10(9)11(13)15/h3-5,7H,6H2,1-2H3,(H2,13,15). The molecule has 1 aromatic carbocycles. The molecule has 0 atom stereocenters. The molecule has 0 spiro atoms. The van der Waals surface area contributed by atoms with Crippen LogP contribution in [0.1, 0.15) is 19.4 Å². The molecule has 0 heterocycles. The summed E-state index contributed by atoms with van der Waals surface area (Å²) in [6, 6.07) is 5.39. The zero-order chi connectivity index (χ0) is 11.4. The number of nitrogens with two attached hydrogens (primary N) is 1. The van der Waals surface area contributed by atoms with Crippen LogP contribution in [0.15, 0.2) is 18.2 Å². The van der Waals surface area contributed by atoms with Gasteiger partial charge in [-0.3, -0.25) is 0 Å². The van der Waals surface area contributed by atoms with Gasteiger partial charge in [-0.2, -0.15) is 0 Å². The van der Waals surface area contributed by atoms with E-state index in [1.165, 1.54) is 0 Å². The summed E-state index contributed by atoms with van der Waals surface area (Å²) < 4.78 is 5.59. The fourth-order valence-electron chi connectivity index (χ4n) is 1.12. The number of hydrogen-bond acceptors (Lipinski definition) is 2. The summed E-state index contributed by atoms with van der Waals surface area (Å²) in [6.45, 7) is 4.77. The summed E-state index contributed by atoms with van der Waals surface area (Å²) in [5.74, 6) is 1.10. The van der Waals surface area contributed by atoms with Gasteiger partial charge in [0.15, 0.2) is 0 Å². The summed E-state index contributed by atoms with van der Waals surface area (Å²) >= 11 is 10.9. The van der Waals surface area contributed by atoms with Crippen molar-refractivity contribution in [1.82, 2.24) is 0 Å². The number of hydrogen-bond donors (Lipinski definition) is 1. The van der Waals surface area contributed by atoms with E-state index in [0.29, 0.717) is 28.9 Å². The molecular weight excluding hydrogens is 230 g/mol. The van der Waals surface area contributed by atoms with Crippen LogP contribution < -0.4 is 10.5 Å². The minimum Gasteiger partial charge on any atom is -0.493 e. The SMILES string of the molecule is CC(C)COc1cccc(Cl)c1C(N)=S. The Balaban J connectivity index is 2.96. The van der Waals surface area contributed by atoms with E-state index >= 15 is 0 Å². The van der Waals surface area contributed by atoms with Crippen molar-refractivity contribution in [3.8, 4) is 5.75 Å².